The van der Waals surface area contributed by atoms with E-state index in [-0.39, 0.29) is 12.2 Å². The van der Waals surface area contributed by atoms with Crippen LogP contribution in [0.2, 0.25) is 0 Å². The third-order valence-corrected chi connectivity index (χ3v) is 7.52. The van der Waals surface area contributed by atoms with Crippen molar-refractivity contribution in [2.45, 2.75) is 30.8 Å². The van der Waals surface area contributed by atoms with E-state index in [0.717, 1.165) is 51.5 Å². The first kappa shape index (κ1) is 21.0. The van der Waals surface area contributed by atoms with Gasteiger partial charge in [-0.05, 0) is 26.0 Å². The molecule has 0 bridgehead atoms. The fourth-order valence-corrected chi connectivity index (χ4v) is 5.65. The first-order chi connectivity index (χ1) is 15.6. The van der Waals surface area contributed by atoms with Crippen LogP contribution in [-0.2, 0) is 5.75 Å². The average Bonchev–Trinajstić information content (AvgIpc) is 3.45. The van der Waals surface area contributed by atoms with Crippen LogP contribution in [0.1, 0.15) is 28.0 Å². The molecule has 1 fully saturated rings. The number of benzene rings is 1. The molecule has 1 amide bonds. The smallest absolute Gasteiger partial charge is 0.255 e. The van der Waals surface area contributed by atoms with Gasteiger partial charge in [-0.15, -0.1) is 23.1 Å². The van der Waals surface area contributed by atoms with Gasteiger partial charge in [0.15, 0.2) is 0 Å². The number of aromatic nitrogens is 1. The van der Waals surface area contributed by atoms with Crippen LogP contribution in [0.3, 0.4) is 0 Å². The number of hydrogen-bond donors (Lipinski definition) is 1. The molecule has 3 aliphatic heterocycles. The Labute approximate surface area is 195 Å². The number of nitrogens with one attached hydrogen (secondary N) is 1. The molecule has 3 aliphatic rings. The normalized spacial score (nSPS) is 20.1. The van der Waals surface area contributed by atoms with Crippen molar-refractivity contribution in [2.75, 3.05) is 26.2 Å². The van der Waals surface area contributed by atoms with Gasteiger partial charge in [0.2, 0.25) is 6.29 Å². The summed E-state index contributed by atoms with van der Waals surface area (Å²) in [5.41, 5.74) is 2.80. The third kappa shape index (κ3) is 4.24. The summed E-state index contributed by atoms with van der Waals surface area (Å²) in [6.07, 6.45) is 3.58. The van der Waals surface area contributed by atoms with Crippen molar-refractivity contribution < 1.29 is 4.79 Å². The zero-order valence-corrected chi connectivity index (χ0v) is 19.7. The van der Waals surface area contributed by atoms with Gasteiger partial charge in [0.1, 0.15) is 12.2 Å². The molecule has 5 rings (SSSR count). The molecule has 1 saturated heterocycles. The van der Waals surface area contributed by atoms with Crippen molar-refractivity contribution in [1.29, 1.82) is 0 Å². The van der Waals surface area contributed by atoms with Crippen LogP contribution in [-0.4, -0.2) is 70.2 Å². The molecule has 0 radical (unpaired) electrons. The summed E-state index contributed by atoms with van der Waals surface area (Å²) in [6.45, 7) is 6.88. The molecule has 1 atom stereocenters. The van der Waals surface area contributed by atoms with Crippen LogP contribution >= 0.6 is 23.1 Å². The average molecular weight is 468 g/mol. The van der Waals surface area contributed by atoms with Gasteiger partial charge in [-0.2, -0.15) is 5.10 Å². The molecule has 1 N–H and O–H groups in total. The minimum atomic E-state index is -0.167. The second-order valence-corrected chi connectivity index (χ2v) is 9.90. The Morgan fingerprint density at radius 1 is 1.22 bits per heavy atom. The quantitative estimate of drug-likeness (QED) is 0.682. The van der Waals surface area contributed by atoms with Crippen LogP contribution < -0.4 is 5.32 Å². The maximum Gasteiger partial charge on any atom is 0.255 e. The Morgan fingerprint density at radius 3 is 2.81 bits per heavy atom. The monoisotopic (exact) mass is 467 g/mol. The largest absolute Gasteiger partial charge is 0.353 e. The number of aryl methyl sites for hydroxylation is 1. The van der Waals surface area contributed by atoms with Gasteiger partial charge >= 0.3 is 0 Å². The van der Waals surface area contributed by atoms with E-state index in [9.17, 15) is 4.79 Å². The molecule has 10 heteroatoms. The Hall–Kier alpha value is -2.85. The molecular weight excluding hydrogens is 442 g/mol. The Balaban J connectivity index is 1.24. The van der Waals surface area contributed by atoms with E-state index in [1.54, 1.807) is 29.4 Å². The van der Waals surface area contributed by atoms with Crippen molar-refractivity contribution in [1.82, 2.24) is 25.1 Å². The lowest BCUT2D eigenvalue weighted by Gasteiger charge is -2.40. The van der Waals surface area contributed by atoms with Crippen LogP contribution in [0.25, 0.3) is 0 Å². The highest BCUT2D eigenvalue weighted by atomic mass is 32.2. The Morgan fingerprint density at radius 2 is 2.03 bits per heavy atom. The van der Waals surface area contributed by atoms with Crippen LogP contribution in [0.15, 0.2) is 56.5 Å². The lowest BCUT2D eigenvalue weighted by atomic mass is 10.1. The molecule has 8 nitrogen and oxygen atoms in total. The first-order valence-corrected chi connectivity index (χ1v) is 12.5. The van der Waals surface area contributed by atoms with Gasteiger partial charge in [0, 0.05) is 54.0 Å². The summed E-state index contributed by atoms with van der Waals surface area (Å²) in [4.78, 5) is 27.7. The predicted octanol–water partition coefficient (Wildman–Crippen LogP) is 2.95. The molecule has 4 heterocycles. The van der Waals surface area contributed by atoms with E-state index in [1.165, 1.54) is 0 Å². The molecule has 32 heavy (non-hydrogen) atoms. The third-order valence-electron chi connectivity index (χ3n) is 5.59. The number of piperazine rings is 1. The number of thiazole rings is 1. The summed E-state index contributed by atoms with van der Waals surface area (Å²) in [7, 11) is 0. The molecular formula is C22H25N7OS2. The number of thioether (sulfide) groups is 1. The summed E-state index contributed by atoms with van der Waals surface area (Å²) in [6, 6.07) is 7.89. The molecule has 1 aromatic heterocycles. The summed E-state index contributed by atoms with van der Waals surface area (Å²) in [5.74, 6) is 1.89. The summed E-state index contributed by atoms with van der Waals surface area (Å²) in [5, 5.41) is 12.6. The number of fused-ring (bicyclic) bond motifs is 1. The zero-order chi connectivity index (χ0) is 22.1. The minimum absolute atomic E-state index is 0.0938. The van der Waals surface area contributed by atoms with E-state index in [4.69, 9.17) is 0 Å². The Bertz CT molecular complexity index is 1100. The molecule has 1 aromatic carbocycles. The minimum Gasteiger partial charge on any atom is -0.353 e. The van der Waals surface area contributed by atoms with Crippen LogP contribution in [0, 0.1) is 6.92 Å². The number of carbonyl (C=O) groups is 1. The zero-order valence-electron chi connectivity index (χ0n) is 18.1. The molecule has 2 aromatic rings. The number of carbonyl (C=O) groups excluding carboxylic acids is 1. The summed E-state index contributed by atoms with van der Waals surface area (Å²) < 4.78 is 0. The van der Waals surface area contributed by atoms with Crippen molar-refractivity contribution >= 4 is 41.1 Å². The molecule has 0 saturated carbocycles. The number of nitrogens with zero attached hydrogens (tertiary/aromatic N) is 6. The van der Waals surface area contributed by atoms with E-state index in [2.05, 4.69) is 36.8 Å². The van der Waals surface area contributed by atoms with Gasteiger partial charge in [-0.25, -0.2) is 15.0 Å². The molecule has 1 unspecified atom stereocenters. The first-order valence-electron chi connectivity index (χ1n) is 10.6. The van der Waals surface area contributed by atoms with Crippen molar-refractivity contribution in [2.24, 2.45) is 10.1 Å². The standard InChI is InChI=1S/C22H25N7OS2/c1-15-11-20(29-22(25-15)23-14-24-29)27-7-9-28(10-8-27)21(30)18-5-3-4-6-19(18)32-13-17-12-31-16(2)26-17/h3-6,11-12,14,22H,7-10,13H2,1-2H3,(H,23,24). The van der Waals surface area contributed by atoms with Crippen molar-refractivity contribution in [3.63, 3.8) is 0 Å². The highest BCUT2D eigenvalue weighted by Crippen LogP contribution is 2.29. The Kier molecular flexibility index (Phi) is 5.88. The second-order valence-electron chi connectivity index (χ2n) is 7.82. The van der Waals surface area contributed by atoms with Gasteiger partial charge in [0.25, 0.3) is 5.91 Å². The molecule has 0 aliphatic carbocycles. The van der Waals surface area contributed by atoms with E-state index >= 15 is 0 Å². The van der Waals surface area contributed by atoms with E-state index in [1.807, 2.05) is 48.0 Å². The van der Waals surface area contributed by atoms with E-state index in [0.29, 0.717) is 13.1 Å². The number of aliphatic imine (C=N–C) groups is 1. The highest BCUT2D eigenvalue weighted by Gasteiger charge is 2.32. The number of allylic oxidation sites excluding steroid dienone is 1. The fraction of sp³-hybridized carbons (Fsp3) is 0.364. The number of amides is 1. The van der Waals surface area contributed by atoms with Gasteiger partial charge in [0.05, 0.1) is 16.3 Å². The van der Waals surface area contributed by atoms with Crippen LogP contribution in [0.5, 0.6) is 0 Å². The fourth-order valence-electron chi connectivity index (χ4n) is 4.00. The van der Waals surface area contributed by atoms with E-state index < -0.39 is 0 Å². The lowest BCUT2D eigenvalue weighted by Crippen LogP contribution is -2.52. The molecule has 0 spiro atoms. The maximum atomic E-state index is 13.4. The van der Waals surface area contributed by atoms with Gasteiger partial charge in [-0.1, -0.05) is 12.1 Å². The van der Waals surface area contributed by atoms with Crippen molar-refractivity contribution in [3.8, 4) is 0 Å². The predicted molar refractivity (Wildman–Crippen MR) is 129 cm³/mol. The van der Waals surface area contributed by atoms with Gasteiger partial charge in [-0.3, -0.25) is 4.79 Å². The highest BCUT2D eigenvalue weighted by molar-refractivity contribution is 7.98. The molecule has 166 valence electrons. The number of hydrazone groups is 1. The maximum absolute atomic E-state index is 13.4. The van der Waals surface area contributed by atoms with Crippen LogP contribution in [0.4, 0.5) is 0 Å². The topological polar surface area (TPSA) is 76.4 Å². The number of hydrogen-bond acceptors (Lipinski definition) is 9. The lowest BCUT2D eigenvalue weighted by molar-refractivity contribution is 0.0614. The summed E-state index contributed by atoms with van der Waals surface area (Å²) >= 11 is 3.33. The SMILES string of the molecule is CC1=NC2NC=NN2C(N2CCN(C(=O)c3ccccc3SCc3csc(C)n3)CC2)=C1. The second kappa shape index (κ2) is 8.95. The number of rotatable bonds is 5. The van der Waals surface area contributed by atoms with Gasteiger partial charge < -0.3 is 15.1 Å². The van der Waals surface area contributed by atoms with Crippen molar-refractivity contribution in [3.05, 3.63) is 57.8 Å².